The van der Waals surface area contributed by atoms with E-state index in [0.29, 0.717) is 11.8 Å². The Kier molecular flexibility index (Phi) is 3.04. The molecule has 1 heterocycles. The number of hydrogen-bond acceptors (Lipinski definition) is 1. The topological polar surface area (TPSA) is 12.0 Å². The summed E-state index contributed by atoms with van der Waals surface area (Å²) in [4.78, 5) is 0. The number of rotatable bonds is 1. The molecule has 0 spiro atoms. The standard InChI is InChI=1S/C19H18ClN/c1-12-9-10-18-16(11-12)13-6-4-7-14(13)19(21-18)15-5-2-3-8-17(15)20/h2-6,8-11,13-14,19,21H,7H2,1H3/t13-,14+,19-/m1/s1. The van der Waals surface area contributed by atoms with Gasteiger partial charge in [0.25, 0.3) is 0 Å². The Bertz CT molecular complexity index is 719. The van der Waals surface area contributed by atoms with Crippen LogP contribution in [-0.4, -0.2) is 0 Å². The number of halogens is 1. The van der Waals surface area contributed by atoms with E-state index in [2.05, 4.69) is 54.7 Å². The zero-order valence-corrected chi connectivity index (χ0v) is 12.8. The fourth-order valence-electron chi connectivity index (χ4n) is 3.75. The van der Waals surface area contributed by atoms with Crippen molar-refractivity contribution in [2.45, 2.75) is 25.3 Å². The zero-order valence-electron chi connectivity index (χ0n) is 12.0. The van der Waals surface area contributed by atoms with Gasteiger partial charge in [0.15, 0.2) is 0 Å². The fraction of sp³-hybridized carbons (Fsp3) is 0.263. The summed E-state index contributed by atoms with van der Waals surface area (Å²) in [5.41, 5.74) is 5.21. The third-order valence-electron chi connectivity index (χ3n) is 4.76. The van der Waals surface area contributed by atoms with E-state index >= 15 is 0 Å². The number of aryl methyl sites for hydroxylation is 1. The van der Waals surface area contributed by atoms with Gasteiger partial charge in [-0.05, 0) is 42.5 Å². The van der Waals surface area contributed by atoms with Crippen molar-refractivity contribution in [1.82, 2.24) is 0 Å². The Balaban J connectivity index is 1.82. The lowest BCUT2D eigenvalue weighted by Crippen LogP contribution is -2.29. The molecule has 2 aromatic rings. The minimum absolute atomic E-state index is 0.286. The Morgan fingerprint density at radius 1 is 1.10 bits per heavy atom. The van der Waals surface area contributed by atoms with E-state index in [1.807, 2.05) is 12.1 Å². The summed E-state index contributed by atoms with van der Waals surface area (Å²) in [6.45, 7) is 2.16. The van der Waals surface area contributed by atoms with Crippen molar-refractivity contribution in [1.29, 1.82) is 0 Å². The van der Waals surface area contributed by atoms with Crippen LogP contribution >= 0.6 is 11.6 Å². The quantitative estimate of drug-likeness (QED) is 0.687. The third-order valence-corrected chi connectivity index (χ3v) is 5.10. The maximum absolute atomic E-state index is 6.44. The van der Waals surface area contributed by atoms with Gasteiger partial charge in [-0.15, -0.1) is 0 Å². The number of allylic oxidation sites excluding steroid dienone is 2. The van der Waals surface area contributed by atoms with Gasteiger partial charge in [0.2, 0.25) is 0 Å². The molecule has 0 fully saturated rings. The lowest BCUT2D eigenvalue weighted by molar-refractivity contribution is 0.425. The van der Waals surface area contributed by atoms with Gasteiger partial charge in [0.1, 0.15) is 0 Å². The van der Waals surface area contributed by atoms with E-state index in [1.54, 1.807) is 0 Å². The van der Waals surface area contributed by atoms with Gasteiger partial charge in [-0.2, -0.15) is 0 Å². The molecule has 0 saturated carbocycles. The molecule has 1 nitrogen and oxygen atoms in total. The Morgan fingerprint density at radius 2 is 1.95 bits per heavy atom. The summed E-state index contributed by atoms with van der Waals surface area (Å²) in [5.74, 6) is 1.06. The summed E-state index contributed by atoms with van der Waals surface area (Å²) in [6.07, 6.45) is 5.80. The molecule has 2 aliphatic rings. The summed E-state index contributed by atoms with van der Waals surface area (Å²) in [5, 5.41) is 4.59. The van der Waals surface area contributed by atoms with Crippen molar-refractivity contribution in [2.24, 2.45) is 5.92 Å². The molecule has 0 bridgehead atoms. The van der Waals surface area contributed by atoms with E-state index in [9.17, 15) is 0 Å². The maximum Gasteiger partial charge on any atom is 0.0568 e. The molecule has 0 saturated heterocycles. The van der Waals surface area contributed by atoms with Gasteiger partial charge in [-0.1, -0.05) is 59.6 Å². The van der Waals surface area contributed by atoms with Crippen LogP contribution in [0.3, 0.4) is 0 Å². The normalized spacial score (nSPS) is 26.1. The van der Waals surface area contributed by atoms with E-state index in [4.69, 9.17) is 11.6 Å². The summed E-state index contributed by atoms with van der Waals surface area (Å²) >= 11 is 6.44. The Hall–Kier alpha value is -1.73. The molecule has 1 aliphatic carbocycles. The van der Waals surface area contributed by atoms with Crippen molar-refractivity contribution in [3.05, 3.63) is 76.3 Å². The van der Waals surface area contributed by atoms with Crippen LogP contribution < -0.4 is 5.32 Å². The van der Waals surface area contributed by atoms with Crippen LogP contribution in [0.25, 0.3) is 0 Å². The summed E-state index contributed by atoms with van der Waals surface area (Å²) in [6, 6.07) is 15.2. The average molecular weight is 296 g/mol. The number of fused-ring (bicyclic) bond motifs is 3. The van der Waals surface area contributed by atoms with Crippen LogP contribution in [0.15, 0.2) is 54.6 Å². The first-order chi connectivity index (χ1) is 10.2. The van der Waals surface area contributed by atoms with Crippen molar-refractivity contribution in [3.8, 4) is 0 Å². The second kappa shape index (κ2) is 4.92. The largest absolute Gasteiger partial charge is 0.378 e. The molecule has 4 rings (SSSR count). The highest BCUT2D eigenvalue weighted by Crippen LogP contribution is 2.50. The molecule has 1 aliphatic heterocycles. The highest BCUT2D eigenvalue weighted by Gasteiger charge is 2.38. The van der Waals surface area contributed by atoms with E-state index in [-0.39, 0.29) is 6.04 Å². The fourth-order valence-corrected chi connectivity index (χ4v) is 4.00. The molecular weight excluding hydrogens is 278 g/mol. The van der Waals surface area contributed by atoms with Crippen molar-refractivity contribution < 1.29 is 0 Å². The minimum atomic E-state index is 0.286. The van der Waals surface area contributed by atoms with Crippen LogP contribution in [0.2, 0.25) is 5.02 Å². The van der Waals surface area contributed by atoms with Crippen molar-refractivity contribution in [2.75, 3.05) is 5.32 Å². The molecule has 0 aromatic heterocycles. The van der Waals surface area contributed by atoms with E-state index < -0.39 is 0 Å². The highest BCUT2D eigenvalue weighted by atomic mass is 35.5. The smallest absolute Gasteiger partial charge is 0.0568 e. The molecule has 2 aromatic carbocycles. The van der Waals surface area contributed by atoms with Crippen molar-refractivity contribution in [3.63, 3.8) is 0 Å². The minimum Gasteiger partial charge on any atom is -0.378 e. The molecule has 0 radical (unpaired) electrons. The molecule has 2 heteroatoms. The maximum atomic E-state index is 6.44. The first kappa shape index (κ1) is 13.0. The molecule has 21 heavy (non-hydrogen) atoms. The van der Waals surface area contributed by atoms with Crippen LogP contribution in [-0.2, 0) is 0 Å². The van der Waals surface area contributed by atoms with E-state index in [1.165, 1.54) is 22.4 Å². The van der Waals surface area contributed by atoms with Crippen LogP contribution in [0.1, 0.15) is 35.1 Å². The van der Waals surface area contributed by atoms with E-state index in [0.717, 1.165) is 11.4 Å². The second-order valence-corrected chi connectivity index (χ2v) is 6.49. The van der Waals surface area contributed by atoms with Crippen LogP contribution in [0.5, 0.6) is 0 Å². The highest BCUT2D eigenvalue weighted by molar-refractivity contribution is 6.31. The molecule has 106 valence electrons. The average Bonchev–Trinajstić information content (AvgIpc) is 2.97. The first-order valence-electron chi connectivity index (χ1n) is 7.52. The number of hydrogen-bond donors (Lipinski definition) is 1. The molecule has 0 amide bonds. The Morgan fingerprint density at radius 3 is 2.81 bits per heavy atom. The predicted octanol–water partition coefficient (Wildman–Crippen LogP) is 5.47. The van der Waals surface area contributed by atoms with Gasteiger partial charge >= 0.3 is 0 Å². The van der Waals surface area contributed by atoms with Crippen molar-refractivity contribution >= 4 is 17.3 Å². The molecule has 3 atom stereocenters. The van der Waals surface area contributed by atoms with Gasteiger partial charge in [-0.25, -0.2) is 0 Å². The Labute approximate surface area is 130 Å². The summed E-state index contributed by atoms with van der Waals surface area (Å²) in [7, 11) is 0. The lowest BCUT2D eigenvalue weighted by atomic mass is 9.76. The first-order valence-corrected chi connectivity index (χ1v) is 7.90. The van der Waals surface area contributed by atoms with Crippen LogP contribution in [0, 0.1) is 12.8 Å². The predicted molar refractivity (Wildman–Crippen MR) is 89.0 cm³/mol. The van der Waals surface area contributed by atoms with Crippen LogP contribution in [0.4, 0.5) is 5.69 Å². The number of benzene rings is 2. The summed E-state index contributed by atoms with van der Waals surface area (Å²) < 4.78 is 0. The van der Waals surface area contributed by atoms with Gasteiger partial charge in [-0.3, -0.25) is 0 Å². The molecular formula is C19H18ClN. The number of nitrogens with one attached hydrogen (secondary N) is 1. The van der Waals surface area contributed by atoms with Gasteiger partial charge in [0.05, 0.1) is 6.04 Å². The molecule has 0 unspecified atom stereocenters. The van der Waals surface area contributed by atoms with Gasteiger partial charge in [0, 0.05) is 16.6 Å². The SMILES string of the molecule is Cc1ccc2c(c1)[C@@H]1C=CC[C@@H]1[C@H](c1ccccc1Cl)N2. The lowest BCUT2D eigenvalue weighted by Gasteiger charge is -2.38. The van der Waals surface area contributed by atoms with Gasteiger partial charge < -0.3 is 5.32 Å². The second-order valence-electron chi connectivity index (χ2n) is 6.09. The molecule has 1 N–H and O–H groups in total. The third kappa shape index (κ3) is 2.08. The number of anilines is 1. The monoisotopic (exact) mass is 295 g/mol. The zero-order chi connectivity index (χ0) is 14.4.